The summed E-state index contributed by atoms with van der Waals surface area (Å²) in [4.78, 5) is 0. The Kier molecular flexibility index (Phi) is 4.23. The van der Waals surface area contributed by atoms with Crippen molar-refractivity contribution in [3.8, 4) is 5.69 Å². The highest BCUT2D eigenvalue weighted by atomic mass is 15.6. The molecule has 5 heteroatoms. The molecule has 0 aliphatic heterocycles. The van der Waals surface area contributed by atoms with Gasteiger partial charge in [-0.25, -0.2) is 0 Å². The third kappa shape index (κ3) is 2.87. The van der Waals surface area contributed by atoms with E-state index in [1.807, 2.05) is 4.68 Å². The SMILES string of the molecule is Cc1ccc(NC2(c3nnnn3-c3c(C)cccc3C)CCCC2)cc1. The van der Waals surface area contributed by atoms with Crippen LogP contribution in [0.25, 0.3) is 5.69 Å². The van der Waals surface area contributed by atoms with Gasteiger partial charge < -0.3 is 5.32 Å². The second kappa shape index (κ2) is 6.56. The molecule has 134 valence electrons. The Hall–Kier alpha value is -2.69. The van der Waals surface area contributed by atoms with Crippen molar-refractivity contribution in [2.45, 2.75) is 52.0 Å². The molecule has 3 aromatic rings. The molecule has 0 spiro atoms. The fourth-order valence-electron chi connectivity index (χ4n) is 4.07. The van der Waals surface area contributed by atoms with Gasteiger partial charge in [0.05, 0.1) is 11.2 Å². The molecular formula is C21H25N5. The highest BCUT2D eigenvalue weighted by Gasteiger charge is 2.41. The van der Waals surface area contributed by atoms with Gasteiger partial charge in [0.1, 0.15) is 0 Å². The molecule has 1 heterocycles. The quantitative estimate of drug-likeness (QED) is 0.756. The highest BCUT2D eigenvalue weighted by Crippen LogP contribution is 2.41. The van der Waals surface area contributed by atoms with Crippen molar-refractivity contribution in [1.82, 2.24) is 20.2 Å². The second-order valence-electron chi connectivity index (χ2n) is 7.43. The lowest BCUT2D eigenvalue weighted by Gasteiger charge is -2.30. The summed E-state index contributed by atoms with van der Waals surface area (Å²) in [5.74, 6) is 0.910. The lowest BCUT2D eigenvalue weighted by molar-refractivity contribution is 0.461. The molecule has 2 aromatic carbocycles. The van der Waals surface area contributed by atoms with Crippen molar-refractivity contribution in [2.75, 3.05) is 5.32 Å². The van der Waals surface area contributed by atoms with Crippen molar-refractivity contribution >= 4 is 5.69 Å². The van der Waals surface area contributed by atoms with Gasteiger partial charge in [-0.1, -0.05) is 48.7 Å². The van der Waals surface area contributed by atoms with Crippen molar-refractivity contribution in [3.63, 3.8) is 0 Å². The van der Waals surface area contributed by atoms with E-state index >= 15 is 0 Å². The molecule has 5 nitrogen and oxygen atoms in total. The van der Waals surface area contributed by atoms with Crippen molar-refractivity contribution in [3.05, 3.63) is 65.0 Å². The lowest BCUT2D eigenvalue weighted by atomic mass is 9.95. The molecular weight excluding hydrogens is 322 g/mol. The fraction of sp³-hybridized carbons (Fsp3) is 0.381. The van der Waals surface area contributed by atoms with Gasteiger partial charge in [-0.3, -0.25) is 0 Å². The van der Waals surface area contributed by atoms with Crippen LogP contribution in [0.1, 0.15) is 48.2 Å². The Morgan fingerprint density at radius 1 is 0.923 bits per heavy atom. The summed E-state index contributed by atoms with van der Waals surface area (Å²) < 4.78 is 1.94. The zero-order valence-corrected chi connectivity index (χ0v) is 15.7. The van der Waals surface area contributed by atoms with E-state index in [0.717, 1.165) is 30.0 Å². The average Bonchev–Trinajstić information content (AvgIpc) is 3.27. The maximum Gasteiger partial charge on any atom is 0.181 e. The van der Waals surface area contributed by atoms with Crippen LogP contribution in [0.2, 0.25) is 0 Å². The minimum atomic E-state index is -0.229. The molecule has 4 rings (SSSR count). The van der Waals surface area contributed by atoms with Crippen LogP contribution >= 0.6 is 0 Å². The first-order chi connectivity index (χ1) is 12.6. The number of nitrogens with one attached hydrogen (secondary N) is 1. The smallest absolute Gasteiger partial charge is 0.181 e. The lowest BCUT2D eigenvalue weighted by Crippen LogP contribution is -2.35. The predicted octanol–water partition coefficient (Wildman–Crippen LogP) is 4.47. The zero-order chi connectivity index (χ0) is 18.1. The molecule has 1 saturated carbocycles. The maximum atomic E-state index is 4.48. The molecule has 1 aliphatic carbocycles. The number of nitrogens with zero attached hydrogens (tertiary/aromatic N) is 4. The van der Waals surface area contributed by atoms with Crippen molar-refractivity contribution in [2.24, 2.45) is 0 Å². The summed E-state index contributed by atoms with van der Waals surface area (Å²) >= 11 is 0. The number of tetrazole rings is 1. The molecule has 26 heavy (non-hydrogen) atoms. The number of para-hydroxylation sites is 1. The predicted molar refractivity (Wildman–Crippen MR) is 104 cm³/mol. The van der Waals surface area contributed by atoms with E-state index < -0.39 is 0 Å². The van der Waals surface area contributed by atoms with Gasteiger partial charge in [0.25, 0.3) is 0 Å². The van der Waals surface area contributed by atoms with Crippen LogP contribution in [0.15, 0.2) is 42.5 Å². The Morgan fingerprint density at radius 3 is 2.23 bits per heavy atom. The maximum absolute atomic E-state index is 4.48. The van der Waals surface area contributed by atoms with Gasteiger partial charge in [-0.2, -0.15) is 4.68 Å². The van der Waals surface area contributed by atoms with Crippen LogP contribution in [0.4, 0.5) is 5.69 Å². The Morgan fingerprint density at radius 2 is 1.58 bits per heavy atom. The van der Waals surface area contributed by atoms with Crippen LogP contribution in [0.5, 0.6) is 0 Å². The van der Waals surface area contributed by atoms with Crippen LogP contribution in [-0.4, -0.2) is 20.2 Å². The van der Waals surface area contributed by atoms with Crippen LogP contribution in [0, 0.1) is 20.8 Å². The number of hydrogen-bond acceptors (Lipinski definition) is 4. The Balaban J connectivity index is 1.80. The first kappa shape index (κ1) is 16.8. The van der Waals surface area contributed by atoms with Crippen molar-refractivity contribution < 1.29 is 0 Å². The van der Waals surface area contributed by atoms with Gasteiger partial charge in [0.15, 0.2) is 5.82 Å². The van der Waals surface area contributed by atoms with E-state index in [4.69, 9.17) is 0 Å². The number of rotatable bonds is 4. The molecule has 1 fully saturated rings. The fourth-order valence-corrected chi connectivity index (χ4v) is 4.07. The van der Waals surface area contributed by atoms with E-state index in [-0.39, 0.29) is 5.54 Å². The average molecular weight is 347 g/mol. The molecule has 0 amide bonds. The van der Waals surface area contributed by atoms with Gasteiger partial charge in [0.2, 0.25) is 0 Å². The van der Waals surface area contributed by atoms with Gasteiger partial charge in [0, 0.05) is 5.69 Å². The first-order valence-corrected chi connectivity index (χ1v) is 9.29. The summed E-state index contributed by atoms with van der Waals surface area (Å²) in [6.07, 6.45) is 4.43. The molecule has 1 aliphatic rings. The van der Waals surface area contributed by atoms with E-state index in [9.17, 15) is 0 Å². The third-order valence-electron chi connectivity index (χ3n) is 5.44. The molecule has 0 bridgehead atoms. The summed E-state index contributed by atoms with van der Waals surface area (Å²) in [6, 6.07) is 14.9. The highest BCUT2D eigenvalue weighted by molar-refractivity contribution is 5.50. The standard InChI is InChI=1S/C21H25N5/c1-15-9-11-18(12-10-15)22-21(13-4-5-14-21)20-23-24-25-26(20)19-16(2)7-6-8-17(19)3/h6-12,22H,4-5,13-14H2,1-3H3. The second-order valence-corrected chi connectivity index (χ2v) is 7.43. The minimum absolute atomic E-state index is 0.229. The third-order valence-corrected chi connectivity index (χ3v) is 5.44. The molecule has 0 atom stereocenters. The number of hydrogen-bond donors (Lipinski definition) is 1. The van der Waals surface area contributed by atoms with Gasteiger partial charge in [-0.15, -0.1) is 5.10 Å². The number of aromatic nitrogens is 4. The molecule has 0 saturated heterocycles. The largest absolute Gasteiger partial charge is 0.373 e. The minimum Gasteiger partial charge on any atom is -0.373 e. The van der Waals surface area contributed by atoms with Crippen LogP contribution in [-0.2, 0) is 5.54 Å². The van der Waals surface area contributed by atoms with E-state index in [2.05, 4.69) is 84.1 Å². The summed E-state index contributed by atoms with van der Waals surface area (Å²) in [5, 5.41) is 16.7. The van der Waals surface area contributed by atoms with E-state index in [0.29, 0.717) is 0 Å². The summed E-state index contributed by atoms with van der Waals surface area (Å²) in [7, 11) is 0. The summed E-state index contributed by atoms with van der Waals surface area (Å²) in [5.41, 5.74) is 5.60. The molecule has 0 unspecified atom stereocenters. The Labute approximate surface area is 154 Å². The molecule has 0 radical (unpaired) electrons. The van der Waals surface area contributed by atoms with E-state index in [1.165, 1.54) is 29.5 Å². The molecule has 1 N–H and O–H groups in total. The zero-order valence-electron chi connectivity index (χ0n) is 15.7. The number of aryl methyl sites for hydroxylation is 3. The van der Waals surface area contributed by atoms with Crippen LogP contribution in [0.3, 0.4) is 0 Å². The topological polar surface area (TPSA) is 55.6 Å². The number of anilines is 1. The monoisotopic (exact) mass is 347 g/mol. The van der Waals surface area contributed by atoms with Gasteiger partial charge >= 0.3 is 0 Å². The normalized spacial score (nSPS) is 16.0. The number of benzene rings is 2. The van der Waals surface area contributed by atoms with Crippen LogP contribution < -0.4 is 5.32 Å². The summed E-state index contributed by atoms with van der Waals surface area (Å²) in [6.45, 7) is 6.33. The Bertz CT molecular complexity index is 884. The van der Waals surface area contributed by atoms with Gasteiger partial charge in [-0.05, 0) is 67.3 Å². The first-order valence-electron chi connectivity index (χ1n) is 9.29. The van der Waals surface area contributed by atoms with E-state index in [1.54, 1.807) is 0 Å². The van der Waals surface area contributed by atoms with Crippen molar-refractivity contribution in [1.29, 1.82) is 0 Å². The molecule has 1 aromatic heterocycles.